The van der Waals surface area contributed by atoms with Crippen molar-refractivity contribution < 1.29 is 17.9 Å². The van der Waals surface area contributed by atoms with E-state index in [0.29, 0.717) is 0 Å². The number of ether oxygens (including phenoxy) is 1. The lowest BCUT2D eigenvalue weighted by Crippen LogP contribution is -2.32. The Bertz CT molecular complexity index is 117. The predicted octanol–water partition coefficient (Wildman–Crippen LogP) is 2.75. The molecule has 0 radical (unpaired) electrons. The van der Waals surface area contributed by atoms with E-state index in [0.717, 1.165) is 0 Å². The summed E-state index contributed by atoms with van der Waals surface area (Å²) in [7, 11) is 0. The second-order valence-electron chi connectivity index (χ2n) is 3.29. The summed E-state index contributed by atoms with van der Waals surface area (Å²) >= 11 is 0. The van der Waals surface area contributed by atoms with Gasteiger partial charge in [-0.1, -0.05) is 0 Å². The molecule has 0 aliphatic carbocycles. The number of hydrogen-bond donors (Lipinski definition) is 0. The van der Waals surface area contributed by atoms with Crippen LogP contribution in [0.4, 0.5) is 13.2 Å². The SMILES string of the molecule is CC(C)(C)OC(F)(F)CCF. The minimum atomic E-state index is -3.34. The lowest BCUT2D eigenvalue weighted by atomic mass is 10.2. The van der Waals surface area contributed by atoms with Gasteiger partial charge in [-0.05, 0) is 20.8 Å². The smallest absolute Gasteiger partial charge is 0.315 e. The van der Waals surface area contributed by atoms with Crippen molar-refractivity contribution in [3.8, 4) is 0 Å². The Morgan fingerprint density at radius 2 is 1.64 bits per heavy atom. The van der Waals surface area contributed by atoms with Crippen LogP contribution in [0.5, 0.6) is 0 Å². The standard InChI is InChI=1S/C7H13F3O/c1-6(2,3)11-7(9,10)4-5-8/h4-5H2,1-3H3. The van der Waals surface area contributed by atoms with Gasteiger partial charge in [0.25, 0.3) is 0 Å². The summed E-state index contributed by atoms with van der Waals surface area (Å²) in [4.78, 5) is 0. The lowest BCUT2D eigenvalue weighted by Gasteiger charge is -2.26. The van der Waals surface area contributed by atoms with E-state index in [4.69, 9.17) is 0 Å². The molecule has 0 saturated carbocycles. The first kappa shape index (κ1) is 10.8. The number of halogens is 3. The number of hydrogen-bond acceptors (Lipinski definition) is 1. The molecule has 1 nitrogen and oxygen atoms in total. The molecular formula is C7H13F3O. The molecule has 0 atom stereocenters. The van der Waals surface area contributed by atoms with E-state index in [-0.39, 0.29) is 0 Å². The van der Waals surface area contributed by atoms with Gasteiger partial charge in [-0.3, -0.25) is 4.39 Å². The maximum absolute atomic E-state index is 12.5. The largest absolute Gasteiger partial charge is 0.358 e. The zero-order chi connectivity index (χ0) is 9.12. The van der Waals surface area contributed by atoms with Gasteiger partial charge in [0.15, 0.2) is 0 Å². The monoisotopic (exact) mass is 170 g/mol. The molecule has 0 aromatic carbocycles. The van der Waals surface area contributed by atoms with Crippen molar-refractivity contribution in [3.63, 3.8) is 0 Å². The van der Waals surface area contributed by atoms with Crippen molar-refractivity contribution in [2.45, 2.75) is 38.9 Å². The van der Waals surface area contributed by atoms with E-state index in [1.807, 2.05) is 0 Å². The van der Waals surface area contributed by atoms with Crippen molar-refractivity contribution in [1.29, 1.82) is 0 Å². The van der Waals surface area contributed by atoms with Crippen LogP contribution in [0.15, 0.2) is 0 Å². The maximum Gasteiger partial charge on any atom is 0.358 e. The first-order valence-corrected chi connectivity index (χ1v) is 3.41. The third-order valence-corrected chi connectivity index (χ3v) is 0.841. The molecule has 0 fully saturated rings. The fourth-order valence-electron chi connectivity index (χ4n) is 0.609. The molecule has 0 N–H and O–H groups in total. The van der Waals surface area contributed by atoms with Crippen LogP contribution in [-0.2, 0) is 4.74 Å². The first-order valence-electron chi connectivity index (χ1n) is 3.41. The van der Waals surface area contributed by atoms with Gasteiger partial charge in [0.1, 0.15) is 0 Å². The number of alkyl halides is 3. The summed E-state index contributed by atoms with van der Waals surface area (Å²) in [6.07, 6.45) is -4.21. The fraction of sp³-hybridized carbons (Fsp3) is 1.00. The van der Waals surface area contributed by atoms with Crippen LogP contribution in [0.1, 0.15) is 27.2 Å². The fourth-order valence-corrected chi connectivity index (χ4v) is 0.609. The summed E-state index contributed by atoms with van der Waals surface area (Å²) in [5.41, 5.74) is -0.932. The van der Waals surface area contributed by atoms with Crippen molar-refractivity contribution in [3.05, 3.63) is 0 Å². The average molecular weight is 170 g/mol. The van der Waals surface area contributed by atoms with Crippen LogP contribution >= 0.6 is 0 Å². The summed E-state index contributed by atoms with van der Waals surface area (Å²) in [5, 5.41) is 0. The van der Waals surface area contributed by atoms with E-state index in [1.54, 1.807) is 0 Å². The van der Waals surface area contributed by atoms with E-state index in [9.17, 15) is 13.2 Å². The van der Waals surface area contributed by atoms with Gasteiger partial charge in [-0.25, -0.2) is 0 Å². The van der Waals surface area contributed by atoms with E-state index >= 15 is 0 Å². The van der Waals surface area contributed by atoms with Crippen LogP contribution in [0.25, 0.3) is 0 Å². The van der Waals surface area contributed by atoms with Crippen molar-refractivity contribution >= 4 is 0 Å². The van der Waals surface area contributed by atoms with Gasteiger partial charge < -0.3 is 4.74 Å². The maximum atomic E-state index is 12.5. The molecule has 11 heavy (non-hydrogen) atoms. The minimum absolute atomic E-state index is 0.871. The highest BCUT2D eigenvalue weighted by Crippen LogP contribution is 2.26. The highest BCUT2D eigenvalue weighted by atomic mass is 19.3. The lowest BCUT2D eigenvalue weighted by molar-refractivity contribution is -0.286. The Kier molecular flexibility index (Phi) is 3.35. The Balaban J connectivity index is 3.91. The van der Waals surface area contributed by atoms with E-state index in [2.05, 4.69) is 4.74 Å². The van der Waals surface area contributed by atoms with Crippen LogP contribution in [0, 0.1) is 0 Å². The van der Waals surface area contributed by atoms with Gasteiger partial charge in [-0.2, -0.15) is 8.78 Å². The molecular weight excluding hydrogens is 157 g/mol. The third-order valence-electron chi connectivity index (χ3n) is 0.841. The molecule has 0 spiro atoms. The van der Waals surface area contributed by atoms with Gasteiger partial charge in [-0.15, -0.1) is 0 Å². The zero-order valence-corrected chi connectivity index (χ0v) is 6.96. The van der Waals surface area contributed by atoms with Gasteiger partial charge >= 0.3 is 6.11 Å². The normalized spacial score (nSPS) is 13.6. The quantitative estimate of drug-likeness (QED) is 0.632. The Hall–Kier alpha value is -0.250. The minimum Gasteiger partial charge on any atom is -0.315 e. The van der Waals surface area contributed by atoms with Gasteiger partial charge in [0.2, 0.25) is 0 Å². The molecule has 0 bridgehead atoms. The summed E-state index contributed by atoms with van der Waals surface area (Å²) < 4.78 is 40.7. The van der Waals surface area contributed by atoms with E-state index < -0.39 is 24.8 Å². The Labute approximate surface area is 64.5 Å². The molecule has 0 aromatic rings. The third kappa shape index (κ3) is 6.16. The zero-order valence-electron chi connectivity index (χ0n) is 6.96. The molecule has 0 amide bonds. The molecule has 0 heterocycles. The molecule has 0 aromatic heterocycles. The van der Waals surface area contributed by atoms with Crippen molar-refractivity contribution in [2.75, 3.05) is 6.67 Å². The average Bonchev–Trinajstić information content (AvgIpc) is 1.55. The first-order chi connectivity index (χ1) is 4.77. The molecule has 0 aliphatic rings. The highest BCUT2D eigenvalue weighted by Gasteiger charge is 2.34. The number of rotatable bonds is 3. The van der Waals surface area contributed by atoms with Crippen LogP contribution in [-0.4, -0.2) is 18.4 Å². The van der Waals surface area contributed by atoms with Crippen LogP contribution < -0.4 is 0 Å². The second-order valence-corrected chi connectivity index (χ2v) is 3.29. The molecule has 0 aliphatic heterocycles. The summed E-state index contributed by atoms with van der Waals surface area (Å²) in [5.74, 6) is 0. The molecule has 4 heteroatoms. The Morgan fingerprint density at radius 3 is 1.91 bits per heavy atom. The van der Waals surface area contributed by atoms with Crippen molar-refractivity contribution in [2.24, 2.45) is 0 Å². The van der Waals surface area contributed by atoms with E-state index in [1.165, 1.54) is 20.8 Å². The van der Waals surface area contributed by atoms with Crippen molar-refractivity contribution in [1.82, 2.24) is 0 Å². The van der Waals surface area contributed by atoms with Gasteiger partial charge in [0, 0.05) is 0 Å². The molecule has 0 rings (SSSR count). The summed E-state index contributed by atoms with van der Waals surface area (Å²) in [6, 6.07) is 0. The highest BCUT2D eigenvalue weighted by molar-refractivity contribution is 4.64. The predicted molar refractivity (Wildman–Crippen MR) is 36.4 cm³/mol. The van der Waals surface area contributed by atoms with Crippen LogP contribution in [0.3, 0.4) is 0 Å². The summed E-state index contributed by atoms with van der Waals surface area (Å²) in [6.45, 7) is 3.43. The van der Waals surface area contributed by atoms with Crippen LogP contribution in [0.2, 0.25) is 0 Å². The molecule has 0 unspecified atom stereocenters. The topological polar surface area (TPSA) is 9.23 Å². The van der Waals surface area contributed by atoms with Gasteiger partial charge in [0.05, 0.1) is 18.7 Å². The molecule has 0 saturated heterocycles. The Morgan fingerprint density at radius 1 is 1.18 bits per heavy atom. The molecule has 68 valence electrons. The second kappa shape index (κ2) is 3.43.